The fourth-order valence-electron chi connectivity index (χ4n) is 1.72. The highest BCUT2D eigenvalue weighted by molar-refractivity contribution is 6.52. The quantitative estimate of drug-likeness (QED) is 0.480. The first-order valence-electron chi connectivity index (χ1n) is 4.41. The van der Waals surface area contributed by atoms with E-state index in [1.165, 1.54) is 0 Å². The van der Waals surface area contributed by atoms with Crippen LogP contribution in [0.4, 0.5) is 4.39 Å². The molecule has 1 aliphatic rings. The molecule has 12 heavy (non-hydrogen) atoms. The molecular weight excluding hydrogens is 158 g/mol. The summed E-state index contributed by atoms with van der Waals surface area (Å²) < 4.78 is 18.8. The maximum atomic E-state index is 13.6. The summed E-state index contributed by atoms with van der Waals surface area (Å²) in [6.45, 7) is 0.236. The molecule has 0 bridgehead atoms. The largest absolute Gasteiger partial charge is 0.424 e. The monoisotopic (exact) mass is 174 g/mol. The van der Waals surface area contributed by atoms with E-state index in [1.807, 2.05) is 0 Å². The molecule has 1 saturated heterocycles. The van der Waals surface area contributed by atoms with Gasteiger partial charge in [-0.05, 0) is 19.1 Å². The predicted molar refractivity (Wildman–Crippen MR) is 47.6 cm³/mol. The molecule has 0 amide bonds. The third-order valence-electron chi connectivity index (χ3n) is 2.44. The zero-order valence-electron chi connectivity index (χ0n) is 7.26. The van der Waals surface area contributed by atoms with Crippen molar-refractivity contribution in [1.82, 2.24) is 0 Å². The van der Waals surface area contributed by atoms with E-state index >= 15 is 0 Å². The van der Waals surface area contributed by atoms with E-state index < -0.39 is 5.67 Å². The van der Waals surface area contributed by atoms with Crippen LogP contribution in [-0.4, -0.2) is 25.9 Å². The number of alkyl halides is 1. The van der Waals surface area contributed by atoms with Gasteiger partial charge in [0.1, 0.15) is 5.67 Å². The van der Waals surface area contributed by atoms with Crippen molar-refractivity contribution < 1.29 is 9.04 Å². The molecule has 0 aromatic heterocycles. The Balaban J connectivity index is 2.39. The molecule has 1 fully saturated rings. The molecule has 70 valence electrons. The Hall–Kier alpha value is -0.125. The van der Waals surface area contributed by atoms with Gasteiger partial charge in [0, 0.05) is 6.54 Å². The van der Waals surface area contributed by atoms with Crippen molar-refractivity contribution in [3.05, 3.63) is 0 Å². The molecule has 1 aliphatic heterocycles. The van der Waals surface area contributed by atoms with Gasteiger partial charge in [-0.15, -0.1) is 0 Å². The lowest BCUT2D eigenvalue weighted by Gasteiger charge is -2.31. The number of hydrogen-bond donors (Lipinski definition) is 2. The van der Waals surface area contributed by atoms with E-state index in [-0.39, 0.29) is 20.2 Å². The second kappa shape index (κ2) is 4.21. The van der Waals surface area contributed by atoms with Gasteiger partial charge < -0.3 is 16.1 Å². The second-order valence-electron chi connectivity index (χ2n) is 3.41. The van der Waals surface area contributed by atoms with Crippen LogP contribution in [-0.2, 0) is 4.65 Å². The normalized spacial score (nSPS) is 30.8. The van der Waals surface area contributed by atoms with Crippen LogP contribution >= 0.6 is 0 Å². The van der Waals surface area contributed by atoms with Gasteiger partial charge in [0.2, 0.25) is 0 Å². The van der Waals surface area contributed by atoms with Gasteiger partial charge in [0.25, 0.3) is 6.92 Å². The highest BCUT2D eigenvalue weighted by Gasteiger charge is 2.37. The third kappa shape index (κ3) is 2.43. The van der Waals surface area contributed by atoms with Crippen molar-refractivity contribution in [2.24, 2.45) is 11.5 Å². The SMILES string of the molecule is NCOB1CCC[C@@](F)(CN)C1. The van der Waals surface area contributed by atoms with Gasteiger partial charge in [-0.3, -0.25) is 0 Å². The molecule has 1 atom stereocenters. The Labute approximate surface area is 72.7 Å². The zero-order valence-corrected chi connectivity index (χ0v) is 7.26. The first-order chi connectivity index (χ1) is 5.70. The van der Waals surface area contributed by atoms with Crippen molar-refractivity contribution in [3.63, 3.8) is 0 Å². The van der Waals surface area contributed by atoms with Gasteiger partial charge in [0.15, 0.2) is 0 Å². The van der Waals surface area contributed by atoms with Crippen LogP contribution in [0.1, 0.15) is 12.8 Å². The lowest BCUT2D eigenvalue weighted by atomic mass is 9.52. The van der Waals surface area contributed by atoms with Crippen LogP contribution in [0.5, 0.6) is 0 Å². The van der Waals surface area contributed by atoms with Crippen LogP contribution in [0.3, 0.4) is 0 Å². The predicted octanol–water partition coefficient (Wildman–Crippen LogP) is 0.371. The summed E-state index contributed by atoms with van der Waals surface area (Å²) in [6.07, 6.45) is 2.72. The maximum Gasteiger partial charge on any atom is 0.298 e. The molecule has 0 radical (unpaired) electrons. The molecule has 0 aromatic carbocycles. The molecule has 1 heterocycles. The fraction of sp³-hybridized carbons (Fsp3) is 1.00. The highest BCUT2D eigenvalue weighted by atomic mass is 19.1. The lowest BCUT2D eigenvalue weighted by Crippen LogP contribution is -2.42. The Kier molecular flexibility index (Phi) is 3.49. The smallest absolute Gasteiger partial charge is 0.298 e. The van der Waals surface area contributed by atoms with Crippen molar-refractivity contribution >= 4 is 6.92 Å². The van der Waals surface area contributed by atoms with Crippen LogP contribution < -0.4 is 11.5 Å². The van der Waals surface area contributed by atoms with Gasteiger partial charge in [0.05, 0.1) is 6.73 Å². The van der Waals surface area contributed by atoms with Crippen molar-refractivity contribution in [2.45, 2.75) is 31.2 Å². The van der Waals surface area contributed by atoms with Crippen molar-refractivity contribution in [1.29, 1.82) is 0 Å². The summed E-state index contributed by atoms with van der Waals surface area (Å²) in [6, 6.07) is 0. The number of rotatable bonds is 3. The molecule has 1 rings (SSSR count). The first-order valence-corrected chi connectivity index (χ1v) is 4.41. The minimum absolute atomic E-state index is 0.0303. The Morgan fingerprint density at radius 2 is 2.25 bits per heavy atom. The minimum Gasteiger partial charge on any atom is -0.424 e. The van der Waals surface area contributed by atoms with E-state index in [0.29, 0.717) is 12.7 Å². The highest BCUT2D eigenvalue weighted by Crippen LogP contribution is 2.32. The summed E-state index contributed by atoms with van der Waals surface area (Å²) >= 11 is 0. The van der Waals surface area contributed by atoms with Gasteiger partial charge in [-0.25, -0.2) is 4.39 Å². The zero-order chi connectivity index (χ0) is 9.03. The number of nitrogens with two attached hydrogens (primary N) is 2. The van der Waals surface area contributed by atoms with E-state index in [4.69, 9.17) is 16.1 Å². The Morgan fingerprint density at radius 1 is 1.50 bits per heavy atom. The molecule has 3 nitrogen and oxygen atoms in total. The molecule has 4 N–H and O–H groups in total. The molecule has 0 aromatic rings. The standard InChI is InChI=1S/C7H16BFN2O/c9-7(5-10)2-1-3-8(4-7)12-6-11/h1-6,10-11H2/t7-/m0/s1. The fourth-order valence-corrected chi connectivity index (χ4v) is 1.72. The molecule has 0 aliphatic carbocycles. The van der Waals surface area contributed by atoms with Gasteiger partial charge >= 0.3 is 0 Å². The second-order valence-corrected chi connectivity index (χ2v) is 3.41. The van der Waals surface area contributed by atoms with Crippen molar-refractivity contribution in [2.75, 3.05) is 13.3 Å². The Bertz CT molecular complexity index is 147. The van der Waals surface area contributed by atoms with Gasteiger partial charge in [-0.2, -0.15) is 0 Å². The third-order valence-corrected chi connectivity index (χ3v) is 2.44. The number of hydrogen-bond acceptors (Lipinski definition) is 3. The summed E-state index contributed by atoms with van der Waals surface area (Å²) in [5.41, 5.74) is 9.34. The molecular formula is C7H16BFN2O. The van der Waals surface area contributed by atoms with Crippen molar-refractivity contribution in [3.8, 4) is 0 Å². The lowest BCUT2D eigenvalue weighted by molar-refractivity contribution is 0.161. The molecule has 0 saturated carbocycles. The molecule has 0 unspecified atom stereocenters. The van der Waals surface area contributed by atoms with Crippen LogP contribution in [0.25, 0.3) is 0 Å². The molecule has 5 heteroatoms. The van der Waals surface area contributed by atoms with E-state index in [1.54, 1.807) is 0 Å². The number of halogens is 1. The topological polar surface area (TPSA) is 61.3 Å². The molecule has 0 spiro atoms. The average molecular weight is 174 g/mol. The summed E-state index contributed by atoms with van der Waals surface area (Å²) in [5.74, 6) is 0. The Morgan fingerprint density at radius 3 is 2.83 bits per heavy atom. The van der Waals surface area contributed by atoms with Crippen LogP contribution in [0.2, 0.25) is 12.6 Å². The van der Waals surface area contributed by atoms with E-state index in [2.05, 4.69) is 0 Å². The summed E-state index contributed by atoms with van der Waals surface area (Å²) in [4.78, 5) is 0. The van der Waals surface area contributed by atoms with E-state index in [0.717, 1.165) is 12.7 Å². The van der Waals surface area contributed by atoms with Crippen LogP contribution in [0.15, 0.2) is 0 Å². The van der Waals surface area contributed by atoms with Gasteiger partial charge in [-0.1, -0.05) is 6.42 Å². The van der Waals surface area contributed by atoms with Crippen LogP contribution in [0, 0.1) is 0 Å². The van der Waals surface area contributed by atoms with E-state index in [9.17, 15) is 4.39 Å². The first kappa shape index (κ1) is 9.96. The maximum absolute atomic E-state index is 13.6. The average Bonchev–Trinajstić information content (AvgIpc) is 2.05. The summed E-state index contributed by atoms with van der Waals surface area (Å²) in [7, 11) is 0. The summed E-state index contributed by atoms with van der Waals surface area (Å²) in [5, 5.41) is 0. The minimum atomic E-state index is -1.21.